The number of benzene rings is 1. The number of rotatable bonds is 5. The lowest BCUT2D eigenvalue weighted by molar-refractivity contribution is -0.138. The Bertz CT molecular complexity index is 535. The minimum absolute atomic E-state index is 0. The Hall–Kier alpha value is -1.46. The van der Waals surface area contributed by atoms with Crippen molar-refractivity contribution < 1.29 is 14.3 Å². The molecule has 1 aromatic carbocycles. The summed E-state index contributed by atoms with van der Waals surface area (Å²) in [6.07, 6.45) is 2.73. The third kappa shape index (κ3) is 4.54. The average molecular weight is 355 g/mol. The summed E-state index contributed by atoms with van der Waals surface area (Å²) >= 11 is 0. The first-order valence-electron chi connectivity index (χ1n) is 8.66. The topological polar surface area (TPSA) is 50.8 Å². The molecule has 6 heteroatoms. The van der Waals surface area contributed by atoms with Gasteiger partial charge in [0, 0.05) is 12.5 Å². The summed E-state index contributed by atoms with van der Waals surface area (Å²) in [5.41, 5.74) is 0. The van der Waals surface area contributed by atoms with E-state index in [2.05, 4.69) is 12.2 Å². The predicted molar refractivity (Wildman–Crippen MR) is 96.1 cm³/mol. The number of amides is 1. The van der Waals surface area contributed by atoms with Gasteiger partial charge in [-0.2, -0.15) is 0 Å². The quantitative estimate of drug-likeness (QED) is 0.882. The molecular weight excluding hydrogens is 328 g/mol. The minimum atomic E-state index is -0.0953. The Morgan fingerprint density at radius 1 is 1.25 bits per heavy atom. The van der Waals surface area contributed by atoms with E-state index in [1.54, 1.807) is 0 Å². The Kier molecular flexibility index (Phi) is 7.18. The van der Waals surface area contributed by atoms with Crippen molar-refractivity contribution in [2.24, 2.45) is 5.92 Å². The molecule has 2 heterocycles. The Morgan fingerprint density at radius 3 is 2.67 bits per heavy atom. The molecule has 0 saturated carbocycles. The molecular formula is C18H27ClN2O3. The van der Waals surface area contributed by atoms with Gasteiger partial charge in [0.25, 0.3) is 0 Å². The molecule has 24 heavy (non-hydrogen) atoms. The van der Waals surface area contributed by atoms with Gasteiger partial charge in [-0.05, 0) is 44.5 Å². The zero-order valence-corrected chi connectivity index (χ0v) is 15.0. The molecule has 1 aromatic rings. The second-order valence-corrected chi connectivity index (χ2v) is 6.31. The van der Waals surface area contributed by atoms with Crippen LogP contribution in [0.1, 0.15) is 26.2 Å². The molecule has 1 N–H and O–H groups in total. The van der Waals surface area contributed by atoms with E-state index in [1.165, 1.54) is 0 Å². The molecule has 0 radical (unpaired) electrons. The first kappa shape index (κ1) is 18.9. The number of hydrogen-bond acceptors (Lipinski definition) is 4. The summed E-state index contributed by atoms with van der Waals surface area (Å²) < 4.78 is 11.8. The molecule has 3 rings (SSSR count). The minimum Gasteiger partial charge on any atom is -0.486 e. The number of fused-ring (bicyclic) bond motifs is 1. The molecule has 1 fully saturated rings. The zero-order chi connectivity index (χ0) is 16.1. The number of halogens is 1. The summed E-state index contributed by atoms with van der Waals surface area (Å²) in [7, 11) is 0. The highest BCUT2D eigenvalue weighted by Gasteiger charge is 2.29. The van der Waals surface area contributed by atoms with Crippen molar-refractivity contribution in [3.8, 4) is 11.5 Å². The van der Waals surface area contributed by atoms with Gasteiger partial charge in [0.2, 0.25) is 5.91 Å². The van der Waals surface area contributed by atoms with E-state index in [0.29, 0.717) is 13.2 Å². The van der Waals surface area contributed by atoms with Crippen LogP contribution in [0.15, 0.2) is 24.3 Å². The molecule has 0 aromatic heterocycles. The van der Waals surface area contributed by atoms with Crippen molar-refractivity contribution in [3.05, 3.63) is 24.3 Å². The number of para-hydroxylation sites is 2. The van der Waals surface area contributed by atoms with Gasteiger partial charge in [-0.25, -0.2) is 0 Å². The second-order valence-electron chi connectivity index (χ2n) is 6.31. The maximum atomic E-state index is 12.8. The third-order valence-corrected chi connectivity index (χ3v) is 4.49. The molecule has 5 nitrogen and oxygen atoms in total. The smallest absolute Gasteiger partial charge is 0.225 e. The van der Waals surface area contributed by atoms with Crippen LogP contribution in [0, 0.1) is 5.92 Å². The van der Waals surface area contributed by atoms with Crippen LogP contribution < -0.4 is 14.8 Å². The van der Waals surface area contributed by atoms with E-state index in [9.17, 15) is 4.79 Å². The van der Waals surface area contributed by atoms with E-state index < -0.39 is 0 Å². The van der Waals surface area contributed by atoms with Gasteiger partial charge in [0.05, 0.1) is 6.54 Å². The Labute approximate surface area is 150 Å². The van der Waals surface area contributed by atoms with Crippen molar-refractivity contribution in [1.82, 2.24) is 10.2 Å². The third-order valence-electron chi connectivity index (χ3n) is 4.49. The summed E-state index contributed by atoms with van der Waals surface area (Å²) in [5.74, 6) is 1.99. The lowest BCUT2D eigenvalue weighted by atomic mass is 9.96. The van der Waals surface area contributed by atoms with Gasteiger partial charge >= 0.3 is 0 Å². The number of nitrogens with one attached hydrogen (secondary N) is 1. The van der Waals surface area contributed by atoms with Crippen molar-refractivity contribution in [2.45, 2.75) is 32.3 Å². The molecule has 1 amide bonds. The van der Waals surface area contributed by atoms with Crippen LogP contribution in [0.5, 0.6) is 11.5 Å². The highest BCUT2D eigenvalue weighted by molar-refractivity contribution is 5.85. The summed E-state index contributed by atoms with van der Waals surface area (Å²) in [5, 5.41) is 3.32. The van der Waals surface area contributed by atoms with Gasteiger partial charge in [-0.1, -0.05) is 19.1 Å². The van der Waals surface area contributed by atoms with Crippen LogP contribution in [0.2, 0.25) is 0 Å². The molecule has 1 saturated heterocycles. The van der Waals surface area contributed by atoms with Gasteiger partial charge in [0.1, 0.15) is 6.61 Å². The molecule has 134 valence electrons. The van der Waals surface area contributed by atoms with Gasteiger partial charge in [-0.3, -0.25) is 4.79 Å². The Balaban J connectivity index is 0.00000208. The number of carbonyl (C=O) groups is 1. The van der Waals surface area contributed by atoms with Crippen LogP contribution in [-0.4, -0.2) is 49.7 Å². The Morgan fingerprint density at radius 2 is 1.96 bits per heavy atom. The van der Waals surface area contributed by atoms with E-state index in [0.717, 1.165) is 50.4 Å². The fourth-order valence-electron chi connectivity index (χ4n) is 3.29. The SMILES string of the molecule is CCCN(CC1COc2ccccc2O1)C(=O)C1CCNCC1.Cl. The van der Waals surface area contributed by atoms with Crippen LogP contribution in [0.4, 0.5) is 0 Å². The monoisotopic (exact) mass is 354 g/mol. The average Bonchev–Trinajstić information content (AvgIpc) is 2.61. The summed E-state index contributed by atoms with van der Waals surface area (Å²) in [4.78, 5) is 14.8. The van der Waals surface area contributed by atoms with Crippen molar-refractivity contribution >= 4 is 18.3 Å². The molecule has 0 bridgehead atoms. The number of hydrogen-bond donors (Lipinski definition) is 1. The van der Waals surface area contributed by atoms with Crippen LogP contribution >= 0.6 is 12.4 Å². The zero-order valence-electron chi connectivity index (χ0n) is 14.2. The number of carbonyl (C=O) groups excluding carboxylic acids is 1. The summed E-state index contributed by atoms with van der Waals surface area (Å²) in [6, 6.07) is 7.71. The fraction of sp³-hybridized carbons (Fsp3) is 0.611. The van der Waals surface area contributed by atoms with E-state index in [1.807, 2.05) is 29.2 Å². The molecule has 0 aliphatic carbocycles. The molecule has 1 unspecified atom stereocenters. The maximum Gasteiger partial charge on any atom is 0.225 e. The second kappa shape index (κ2) is 9.14. The largest absolute Gasteiger partial charge is 0.486 e. The van der Waals surface area contributed by atoms with Crippen molar-refractivity contribution in [3.63, 3.8) is 0 Å². The van der Waals surface area contributed by atoms with Crippen LogP contribution in [0.3, 0.4) is 0 Å². The highest BCUT2D eigenvalue weighted by atomic mass is 35.5. The predicted octanol–water partition coefficient (Wildman–Crippen LogP) is 2.49. The van der Waals surface area contributed by atoms with E-state index >= 15 is 0 Å². The summed E-state index contributed by atoms with van der Waals surface area (Å²) in [6.45, 7) is 5.86. The number of nitrogens with zero attached hydrogens (tertiary/aromatic N) is 1. The molecule has 2 aliphatic rings. The lowest BCUT2D eigenvalue weighted by Gasteiger charge is -2.34. The van der Waals surface area contributed by atoms with E-state index in [4.69, 9.17) is 9.47 Å². The highest BCUT2D eigenvalue weighted by Crippen LogP contribution is 2.31. The first-order valence-corrected chi connectivity index (χ1v) is 8.66. The number of piperidine rings is 1. The standard InChI is InChI=1S/C18H26N2O3.ClH/c1-2-11-20(18(21)14-7-9-19-10-8-14)12-15-13-22-16-5-3-4-6-17(16)23-15;/h3-6,14-15,19H,2,7-13H2,1H3;1H. The molecule has 1 atom stereocenters. The lowest BCUT2D eigenvalue weighted by Crippen LogP contribution is -2.47. The van der Waals surface area contributed by atoms with Gasteiger partial charge < -0.3 is 19.7 Å². The van der Waals surface area contributed by atoms with Crippen molar-refractivity contribution in [1.29, 1.82) is 0 Å². The number of ether oxygens (including phenoxy) is 2. The fourth-order valence-corrected chi connectivity index (χ4v) is 3.29. The maximum absolute atomic E-state index is 12.8. The molecule has 2 aliphatic heterocycles. The van der Waals surface area contributed by atoms with Crippen LogP contribution in [0.25, 0.3) is 0 Å². The molecule has 0 spiro atoms. The van der Waals surface area contributed by atoms with Crippen LogP contribution in [-0.2, 0) is 4.79 Å². The van der Waals surface area contributed by atoms with Gasteiger partial charge in [-0.15, -0.1) is 12.4 Å². The van der Waals surface area contributed by atoms with Gasteiger partial charge in [0.15, 0.2) is 17.6 Å². The normalized spacial score (nSPS) is 20.1. The van der Waals surface area contributed by atoms with E-state index in [-0.39, 0.29) is 30.3 Å². The van der Waals surface area contributed by atoms with Crippen molar-refractivity contribution in [2.75, 3.05) is 32.8 Å². The first-order chi connectivity index (χ1) is 11.3.